The van der Waals surface area contributed by atoms with Crippen LogP contribution in [0, 0.1) is 13.8 Å². The highest BCUT2D eigenvalue weighted by atomic mass is 32.2. The van der Waals surface area contributed by atoms with E-state index in [9.17, 15) is 4.79 Å². The zero-order valence-corrected chi connectivity index (χ0v) is 15.4. The lowest BCUT2D eigenvalue weighted by Gasteiger charge is -2.18. The van der Waals surface area contributed by atoms with Crippen molar-refractivity contribution in [2.45, 2.75) is 13.8 Å². The van der Waals surface area contributed by atoms with Gasteiger partial charge in [-0.15, -0.1) is 0 Å². The Morgan fingerprint density at radius 3 is 2.73 bits per heavy atom. The van der Waals surface area contributed by atoms with E-state index in [1.807, 2.05) is 56.3 Å². The number of rotatable bonds is 2. The first kappa shape index (κ1) is 16.7. The Morgan fingerprint density at radius 1 is 1.08 bits per heavy atom. The van der Waals surface area contributed by atoms with Gasteiger partial charge in [-0.05, 0) is 66.6 Å². The molecule has 26 heavy (non-hydrogen) atoms. The lowest BCUT2D eigenvalue weighted by atomic mass is 10.1. The van der Waals surface area contributed by atoms with Crippen LogP contribution >= 0.6 is 11.8 Å². The van der Waals surface area contributed by atoms with E-state index in [1.165, 1.54) is 11.8 Å². The second kappa shape index (κ2) is 6.88. The van der Waals surface area contributed by atoms with E-state index >= 15 is 0 Å². The molecule has 6 heteroatoms. The number of hydrogen-bond donors (Lipinski definition) is 1. The van der Waals surface area contributed by atoms with Crippen molar-refractivity contribution in [1.82, 2.24) is 5.32 Å². The Labute approximate surface area is 156 Å². The summed E-state index contributed by atoms with van der Waals surface area (Å²) < 4.78 is 11.1. The van der Waals surface area contributed by atoms with E-state index in [0.717, 1.165) is 28.1 Å². The maximum absolute atomic E-state index is 12.3. The van der Waals surface area contributed by atoms with Crippen molar-refractivity contribution in [2.24, 2.45) is 4.99 Å². The first-order valence-electron chi connectivity index (χ1n) is 8.35. The smallest absolute Gasteiger partial charge is 0.264 e. The molecule has 2 heterocycles. The van der Waals surface area contributed by atoms with E-state index in [0.29, 0.717) is 29.0 Å². The maximum atomic E-state index is 12.3. The van der Waals surface area contributed by atoms with Crippen molar-refractivity contribution in [1.29, 1.82) is 0 Å². The van der Waals surface area contributed by atoms with Crippen LogP contribution < -0.4 is 14.8 Å². The van der Waals surface area contributed by atoms with Gasteiger partial charge < -0.3 is 14.8 Å². The van der Waals surface area contributed by atoms with Crippen LogP contribution in [-0.2, 0) is 4.79 Å². The first-order chi connectivity index (χ1) is 12.6. The van der Waals surface area contributed by atoms with Crippen molar-refractivity contribution in [3.05, 3.63) is 58.0 Å². The van der Waals surface area contributed by atoms with Crippen LogP contribution in [0.4, 0.5) is 5.69 Å². The molecule has 5 nitrogen and oxygen atoms in total. The number of amides is 1. The fourth-order valence-electron chi connectivity index (χ4n) is 2.73. The molecule has 0 aliphatic carbocycles. The Bertz CT molecular complexity index is 950. The number of hydrogen-bond acceptors (Lipinski definition) is 5. The second-order valence-electron chi connectivity index (χ2n) is 6.17. The van der Waals surface area contributed by atoms with Gasteiger partial charge in [-0.3, -0.25) is 4.79 Å². The summed E-state index contributed by atoms with van der Waals surface area (Å²) in [5, 5.41) is 3.42. The topological polar surface area (TPSA) is 59.9 Å². The molecule has 0 radical (unpaired) electrons. The minimum absolute atomic E-state index is 0.144. The van der Waals surface area contributed by atoms with Gasteiger partial charge in [-0.1, -0.05) is 18.2 Å². The number of fused-ring (bicyclic) bond motifs is 1. The van der Waals surface area contributed by atoms with E-state index in [2.05, 4.69) is 10.3 Å². The van der Waals surface area contributed by atoms with Gasteiger partial charge in [0.05, 0.1) is 10.6 Å². The number of ether oxygens (including phenoxy) is 2. The minimum atomic E-state index is -0.144. The van der Waals surface area contributed by atoms with Crippen LogP contribution in [0.1, 0.15) is 16.7 Å². The normalized spacial score (nSPS) is 19.1. The fraction of sp³-hybridized carbons (Fsp3) is 0.200. The fourth-order valence-corrected chi connectivity index (χ4v) is 3.57. The number of nitrogens with zero attached hydrogens (tertiary/aromatic N) is 1. The van der Waals surface area contributed by atoms with Gasteiger partial charge in [-0.25, -0.2) is 4.99 Å². The maximum Gasteiger partial charge on any atom is 0.264 e. The predicted molar refractivity (Wildman–Crippen MR) is 104 cm³/mol. The van der Waals surface area contributed by atoms with E-state index in [-0.39, 0.29) is 5.91 Å². The largest absolute Gasteiger partial charge is 0.486 e. The number of carbonyl (C=O) groups excluding carboxylic acids is 1. The summed E-state index contributed by atoms with van der Waals surface area (Å²) in [6, 6.07) is 11.7. The highest BCUT2D eigenvalue weighted by Gasteiger charge is 2.24. The first-order valence-corrected chi connectivity index (χ1v) is 9.17. The highest BCUT2D eigenvalue weighted by molar-refractivity contribution is 8.18. The lowest BCUT2D eigenvalue weighted by Crippen LogP contribution is -2.19. The molecule has 1 saturated heterocycles. The van der Waals surface area contributed by atoms with E-state index < -0.39 is 0 Å². The molecule has 0 saturated carbocycles. The van der Waals surface area contributed by atoms with Crippen LogP contribution in [0.3, 0.4) is 0 Å². The number of carbonyl (C=O) groups is 1. The summed E-state index contributed by atoms with van der Waals surface area (Å²) in [6.07, 6.45) is 1.84. The Morgan fingerprint density at radius 2 is 1.88 bits per heavy atom. The average Bonchev–Trinajstić information content (AvgIpc) is 2.97. The number of thioether (sulfide) groups is 1. The molecule has 2 aliphatic rings. The second-order valence-corrected chi connectivity index (χ2v) is 7.21. The SMILES string of the molecule is Cc1ccc(C)c(N=C2NC(=O)/C(=C/c3ccc4c(c3)OCCO4)S2)c1. The van der Waals surface area contributed by atoms with Gasteiger partial charge >= 0.3 is 0 Å². The molecular formula is C20H18N2O3S. The number of benzene rings is 2. The Hall–Kier alpha value is -2.73. The zero-order valence-electron chi connectivity index (χ0n) is 14.5. The van der Waals surface area contributed by atoms with Gasteiger partial charge in [0, 0.05) is 0 Å². The zero-order chi connectivity index (χ0) is 18.1. The molecule has 0 spiro atoms. The van der Waals surface area contributed by atoms with Gasteiger partial charge in [-0.2, -0.15) is 0 Å². The van der Waals surface area contributed by atoms with Crippen LogP contribution in [0.15, 0.2) is 46.3 Å². The summed E-state index contributed by atoms with van der Waals surface area (Å²) in [6.45, 7) is 5.13. The van der Waals surface area contributed by atoms with Crippen LogP contribution in [0.5, 0.6) is 11.5 Å². The van der Waals surface area contributed by atoms with Crippen LogP contribution in [-0.4, -0.2) is 24.3 Å². The number of aryl methyl sites for hydroxylation is 2. The molecule has 4 rings (SSSR count). The molecule has 1 fully saturated rings. The van der Waals surface area contributed by atoms with Crippen molar-refractivity contribution in [3.63, 3.8) is 0 Å². The molecule has 132 valence electrons. The van der Waals surface area contributed by atoms with E-state index in [1.54, 1.807) is 0 Å². The van der Waals surface area contributed by atoms with Gasteiger partial charge in [0.2, 0.25) is 0 Å². The molecule has 1 amide bonds. The van der Waals surface area contributed by atoms with Crippen molar-refractivity contribution >= 4 is 34.6 Å². The van der Waals surface area contributed by atoms with Gasteiger partial charge in [0.15, 0.2) is 16.7 Å². The van der Waals surface area contributed by atoms with Crippen LogP contribution in [0.25, 0.3) is 6.08 Å². The third-order valence-corrected chi connectivity index (χ3v) is 5.01. The predicted octanol–water partition coefficient (Wildman–Crippen LogP) is 3.97. The standard InChI is InChI=1S/C20H18N2O3S/c1-12-3-4-13(2)15(9-12)21-20-22-19(23)18(26-20)11-14-5-6-16-17(10-14)25-8-7-24-16/h3-6,9-11H,7-8H2,1-2H3,(H,21,22,23)/b18-11-. The molecule has 0 unspecified atom stereocenters. The highest BCUT2D eigenvalue weighted by Crippen LogP contribution is 2.34. The molecular weight excluding hydrogens is 348 g/mol. The molecule has 1 N–H and O–H groups in total. The lowest BCUT2D eigenvalue weighted by molar-refractivity contribution is -0.115. The minimum Gasteiger partial charge on any atom is -0.486 e. The van der Waals surface area contributed by atoms with Crippen molar-refractivity contribution < 1.29 is 14.3 Å². The van der Waals surface area contributed by atoms with Crippen molar-refractivity contribution in [3.8, 4) is 11.5 Å². The number of amidine groups is 1. The summed E-state index contributed by atoms with van der Waals surface area (Å²) in [5.74, 6) is 1.30. The van der Waals surface area contributed by atoms with Gasteiger partial charge in [0.25, 0.3) is 5.91 Å². The molecule has 0 bridgehead atoms. The summed E-state index contributed by atoms with van der Waals surface area (Å²) in [5.41, 5.74) is 3.96. The number of aliphatic imine (C=N–C) groups is 1. The summed E-state index contributed by atoms with van der Waals surface area (Å²) >= 11 is 1.34. The molecule has 2 aromatic rings. The Kier molecular flexibility index (Phi) is 4.42. The monoisotopic (exact) mass is 366 g/mol. The summed E-state index contributed by atoms with van der Waals surface area (Å²) in [4.78, 5) is 17.5. The molecule has 2 aliphatic heterocycles. The quantitative estimate of drug-likeness (QED) is 0.817. The van der Waals surface area contributed by atoms with Crippen LogP contribution in [0.2, 0.25) is 0 Å². The molecule has 0 atom stereocenters. The van der Waals surface area contributed by atoms with Gasteiger partial charge in [0.1, 0.15) is 13.2 Å². The molecule has 2 aromatic carbocycles. The third-order valence-electron chi connectivity index (χ3n) is 4.10. The van der Waals surface area contributed by atoms with Crippen molar-refractivity contribution in [2.75, 3.05) is 13.2 Å². The Balaban J connectivity index is 1.59. The van der Waals surface area contributed by atoms with E-state index in [4.69, 9.17) is 9.47 Å². The summed E-state index contributed by atoms with van der Waals surface area (Å²) in [7, 11) is 0. The number of nitrogens with one attached hydrogen (secondary N) is 1. The molecule has 0 aromatic heterocycles. The third kappa shape index (κ3) is 3.46. The average molecular weight is 366 g/mol.